The predicted octanol–water partition coefficient (Wildman–Crippen LogP) is 2.48. The second-order valence-corrected chi connectivity index (χ2v) is 3.96. The summed E-state index contributed by atoms with van der Waals surface area (Å²) in [5.74, 6) is -0.262. The molecule has 2 rings (SSSR count). The number of benzene rings is 1. The van der Waals surface area contributed by atoms with E-state index in [1.807, 2.05) is 5.38 Å². The molecule has 0 aliphatic heterocycles. The van der Waals surface area contributed by atoms with Gasteiger partial charge in [-0.2, -0.15) is 0 Å². The van der Waals surface area contributed by atoms with Gasteiger partial charge in [-0.15, -0.1) is 11.3 Å². The average molecular weight is 223 g/mol. The van der Waals surface area contributed by atoms with Crippen LogP contribution in [-0.2, 0) is 6.42 Å². The molecule has 0 saturated carbocycles. The molecule has 1 aromatic heterocycles. The molecule has 1 aromatic carbocycles. The van der Waals surface area contributed by atoms with Gasteiger partial charge in [0.1, 0.15) is 10.8 Å². The quantitative estimate of drug-likeness (QED) is 0.867. The molecule has 0 amide bonds. The zero-order valence-corrected chi connectivity index (χ0v) is 8.80. The van der Waals surface area contributed by atoms with Crippen LogP contribution in [0.3, 0.4) is 0 Å². The summed E-state index contributed by atoms with van der Waals surface area (Å²) in [6.07, 6.45) is 0.519. The van der Waals surface area contributed by atoms with Crippen molar-refractivity contribution in [3.63, 3.8) is 0 Å². The molecule has 0 unspecified atom stereocenters. The van der Waals surface area contributed by atoms with E-state index in [0.717, 1.165) is 5.69 Å². The second-order valence-electron chi connectivity index (χ2n) is 3.10. The Labute approximate surface area is 91.0 Å². The molecule has 0 bridgehead atoms. The summed E-state index contributed by atoms with van der Waals surface area (Å²) in [5.41, 5.74) is 1.33. The van der Waals surface area contributed by atoms with Crippen LogP contribution in [0, 0.1) is 5.82 Å². The Hall–Kier alpha value is -1.26. The maximum Gasteiger partial charge on any atom is 0.133 e. The number of rotatable bonds is 3. The van der Waals surface area contributed by atoms with Crippen molar-refractivity contribution in [3.05, 3.63) is 41.2 Å². The summed E-state index contributed by atoms with van der Waals surface area (Å²) >= 11 is 1.39. The van der Waals surface area contributed by atoms with Crippen LogP contribution >= 0.6 is 11.3 Å². The number of halogens is 1. The third-order valence-corrected chi connectivity index (χ3v) is 2.95. The number of aromatic nitrogens is 1. The summed E-state index contributed by atoms with van der Waals surface area (Å²) < 4.78 is 13.4. The molecule has 2 aromatic rings. The molecule has 2 nitrogen and oxygen atoms in total. The molecule has 1 N–H and O–H groups in total. The first kappa shape index (κ1) is 10.3. The largest absolute Gasteiger partial charge is 0.396 e. The van der Waals surface area contributed by atoms with E-state index in [-0.39, 0.29) is 12.4 Å². The third kappa shape index (κ3) is 2.22. The monoisotopic (exact) mass is 223 g/mol. The van der Waals surface area contributed by atoms with Gasteiger partial charge in [0.25, 0.3) is 0 Å². The van der Waals surface area contributed by atoms with Crippen LogP contribution < -0.4 is 0 Å². The summed E-state index contributed by atoms with van der Waals surface area (Å²) in [4.78, 5) is 4.25. The van der Waals surface area contributed by atoms with Gasteiger partial charge in [0, 0.05) is 24.0 Å². The van der Waals surface area contributed by atoms with Crippen molar-refractivity contribution in [1.29, 1.82) is 0 Å². The number of nitrogens with zero attached hydrogens (tertiary/aromatic N) is 1. The molecule has 0 aliphatic carbocycles. The van der Waals surface area contributed by atoms with E-state index in [1.165, 1.54) is 17.4 Å². The molecule has 78 valence electrons. The Kier molecular flexibility index (Phi) is 3.08. The maximum absolute atomic E-state index is 13.4. The minimum Gasteiger partial charge on any atom is -0.396 e. The van der Waals surface area contributed by atoms with Crippen molar-refractivity contribution in [2.24, 2.45) is 0 Å². The lowest BCUT2D eigenvalue weighted by atomic mass is 10.2. The molecule has 0 spiro atoms. The molecular weight excluding hydrogens is 213 g/mol. The Bertz CT molecular complexity index is 455. The lowest BCUT2D eigenvalue weighted by Gasteiger charge is -1.97. The zero-order chi connectivity index (χ0) is 10.7. The first-order valence-electron chi connectivity index (χ1n) is 4.61. The van der Waals surface area contributed by atoms with Crippen molar-refractivity contribution < 1.29 is 9.50 Å². The van der Waals surface area contributed by atoms with Gasteiger partial charge >= 0.3 is 0 Å². The highest BCUT2D eigenvalue weighted by Crippen LogP contribution is 2.25. The van der Waals surface area contributed by atoms with E-state index in [4.69, 9.17) is 5.11 Å². The van der Waals surface area contributed by atoms with E-state index in [1.54, 1.807) is 18.2 Å². The van der Waals surface area contributed by atoms with Gasteiger partial charge in [0.15, 0.2) is 0 Å². The van der Waals surface area contributed by atoms with Gasteiger partial charge in [-0.05, 0) is 12.1 Å². The van der Waals surface area contributed by atoms with Crippen LogP contribution in [0.25, 0.3) is 10.6 Å². The standard InChI is InChI=1S/C11H10FNOS/c12-10-4-2-1-3-9(10)11-13-8(5-6-14)7-15-11/h1-4,7,14H,5-6H2. The van der Waals surface area contributed by atoms with Gasteiger partial charge in [-0.1, -0.05) is 12.1 Å². The molecular formula is C11H10FNOS. The zero-order valence-electron chi connectivity index (χ0n) is 7.98. The van der Waals surface area contributed by atoms with Gasteiger partial charge in [-0.3, -0.25) is 0 Å². The Morgan fingerprint density at radius 1 is 1.33 bits per heavy atom. The Balaban J connectivity index is 2.33. The molecule has 15 heavy (non-hydrogen) atoms. The van der Waals surface area contributed by atoms with E-state index in [9.17, 15) is 4.39 Å². The van der Waals surface area contributed by atoms with Crippen LogP contribution in [-0.4, -0.2) is 16.7 Å². The highest BCUT2D eigenvalue weighted by Gasteiger charge is 2.08. The lowest BCUT2D eigenvalue weighted by Crippen LogP contribution is -1.90. The van der Waals surface area contributed by atoms with Crippen LogP contribution in [0.15, 0.2) is 29.6 Å². The number of hydrogen-bond donors (Lipinski definition) is 1. The Morgan fingerprint density at radius 3 is 2.87 bits per heavy atom. The highest BCUT2D eigenvalue weighted by atomic mass is 32.1. The molecule has 0 saturated heterocycles. The van der Waals surface area contributed by atoms with Crippen molar-refractivity contribution >= 4 is 11.3 Å². The first-order valence-corrected chi connectivity index (χ1v) is 5.49. The van der Waals surface area contributed by atoms with E-state index in [0.29, 0.717) is 17.0 Å². The fraction of sp³-hybridized carbons (Fsp3) is 0.182. The smallest absolute Gasteiger partial charge is 0.133 e. The third-order valence-electron chi connectivity index (χ3n) is 2.02. The van der Waals surface area contributed by atoms with Crippen molar-refractivity contribution in [3.8, 4) is 10.6 Å². The van der Waals surface area contributed by atoms with Crippen molar-refractivity contribution in [2.45, 2.75) is 6.42 Å². The minimum absolute atomic E-state index is 0.0699. The minimum atomic E-state index is -0.262. The highest BCUT2D eigenvalue weighted by molar-refractivity contribution is 7.13. The van der Waals surface area contributed by atoms with Crippen LogP contribution in [0.4, 0.5) is 4.39 Å². The van der Waals surface area contributed by atoms with Gasteiger partial charge in [0.05, 0.1) is 5.69 Å². The van der Waals surface area contributed by atoms with Gasteiger partial charge < -0.3 is 5.11 Å². The molecule has 0 fully saturated rings. The SMILES string of the molecule is OCCc1csc(-c2ccccc2F)n1. The number of aliphatic hydroxyl groups is 1. The van der Waals surface area contributed by atoms with E-state index in [2.05, 4.69) is 4.98 Å². The molecule has 1 heterocycles. The first-order chi connectivity index (χ1) is 7.31. The van der Waals surface area contributed by atoms with Crippen LogP contribution in [0.2, 0.25) is 0 Å². The molecule has 4 heteroatoms. The fourth-order valence-electron chi connectivity index (χ4n) is 1.29. The number of hydrogen-bond acceptors (Lipinski definition) is 3. The summed E-state index contributed by atoms with van der Waals surface area (Å²) in [5, 5.41) is 11.3. The van der Waals surface area contributed by atoms with Gasteiger partial charge in [-0.25, -0.2) is 9.37 Å². The number of thiazole rings is 1. The summed E-state index contributed by atoms with van der Waals surface area (Å²) in [6, 6.07) is 6.56. The number of aliphatic hydroxyl groups excluding tert-OH is 1. The average Bonchev–Trinajstić information content (AvgIpc) is 2.68. The molecule has 0 aliphatic rings. The van der Waals surface area contributed by atoms with E-state index < -0.39 is 0 Å². The summed E-state index contributed by atoms with van der Waals surface area (Å²) in [7, 11) is 0. The normalized spacial score (nSPS) is 10.5. The molecule has 0 radical (unpaired) electrons. The predicted molar refractivity (Wildman–Crippen MR) is 58.3 cm³/mol. The van der Waals surface area contributed by atoms with Crippen molar-refractivity contribution in [1.82, 2.24) is 4.98 Å². The van der Waals surface area contributed by atoms with Gasteiger partial charge in [0.2, 0.25) is 0 Å². The van der Waals surface area contributed by atoms with Crippen molar-refractivity contribution in [2.75, 3.05) is 6.61 Å². The summed E-state index contributed by atoms with van der Waals surface area (Å²) in [6.45, 7) is 0.0699. The van der Waals surface area contributed by atoms with Crippen LogP contribution in [0.1, 0.15) is 5.69 Å². The Morgan fingerprint density at radius 2 is 2.13 bits per heavy atom. The second kappa shape index (κ2) is 4.51. The topological polar surface area (TPSA) is 33.1 Å². The van der Waals surface area contributed by atoms with E-state index >= 15 is 0 Å². The lowest BCUT2D eigenvalue weighted by molar-refractivity contribution is 0.298. The van der Waals surface area contributed by atoms with Crippen LogP contribution in [0.5, 0.6) is 0 Å². The maximum atomic E-state index is 13.4. The molecule has 0 atom stereocenters. The fourth-order valence-corrected chi connectivity index (χ4v) is 2.18.